The molecule has 0 nitrogen and oxygen atoms in total. The molecule has 2 rings (SSSR count). The summed E-state index contributed by atoms with van der Waals surface area (Å²) in [4.78, 5) is 0. The topological polar surface area (TPSA) is 0 Å². The molecule has 0 aromatic rings. The van der Waals surface area contributed by atoms with Crippen molar-refractivity contribution in [3.05, 3.63) is 0 Å². The van der Waals surface area contributed by atoms with Crippen LogP contribution in [0.1, 0.15) is 112 Å². The van der Waals surface area contributed by atoms with Crippen LogP contribution in [0.3, 0.4) is 0 Å². The summed E-state index contributed by atoms with van der Waals surface area (Å²) in [7, 11) is 0. The molecule has 1 unspecified atom stereocenters. The number of hydrogen-bond acceptors (Lipinski definition) is 0. The van der Waals surface area contributed by atoms with E-state index in [0.29, 0.717) is 0 Å². The summed E-state index contributed by atoms with van der Waals surface area (Å²) in [6.07, 6.45) is 17.5. The van der Waals surface area contributed by atoms with E-state index in [1.807, 2.05) is 0 Å². The molecule has 0 aromatic heterocycles. The maximum absolute atomic E-state index is 2.32. The van der Waals surface area contributed by atoms with E-state index in [0.717, 1.165) is 11.3 Å². The van der Waals surface area contributed by atoms with Crippen molar-refractivity contribution in [2.75, 3.05) is 0 Å². The third-order valence-corrected chi connectivity index (χ3v) is 4.80. The van der Waals surface area contributed by atoms with E-state index >= 15 is 0 Å². The van der Waals surface area contributed by atoms with Gasteiger partial charge < -0.3 is 0 Å². The molecule has 1 spiro atoms. The molecule has 0 radical (unpaired) electrons. The van der Waals surface area contributed by atoms with Crippen LogP contribution in [0.15, 0.2) is 0 Å². The van der Waals surface area contributed by atoms with Crippen LogP contribution in [-0.2, 0) is 0 Å². The second-order valence-corrected chi connectivity index (χ2v) is 6.65. The molecule has 0 amide bonds. The molecular formula is C19H40. The highest BCUT2D eigenvalue weighted by molar-refractivity contribution is 5.00. The Morgan fingerprint density at radius 1 is 0.789 bits per heavy atom. The third kappa shape index (κ3) is 6.82. The normalized spacial score (nSPS) is 22.3. The molecule has 2 saturated carbocycles. The first-order valence-corrected chi connectivity index (χ1v) is 9.20. The van der Waals surface area contributed by atoms with Crippen LogP contribution in [0.4, 0.5) is 0 Å². The summed E-state index contributed by atoms with van der Waals surface area (Å²) in [5.41, 5.74) is 0.913. The van der Waals surface area contributed by atoms with Crippen molar-refractivity contribution in [1.29, 1.82) is 0 Å². The van der Waals surface area contributed by atoms with Crippen molar-refractivity contribution >= 4 is 0 Å². The minimum absolute atomic E-state index is 0.913. The first kappa shape index (κ1) is 19.0. The Morgan fingerprint density at radius 2 is 1.32 bits per heavy atom. The lowest BCUT2D eigenvalue weighted by Gasteiger charge is -2.56. The van der Waals surface area contributed by atoms with Gasteiger partial charge in [0.1, 0.15) is 0 Å². The standard InChI is InChI=1S/C10H18.C6H14.C3H8/c1-2-4-9-5-8-10(9)6-3-7-10;1-3-5-6-4-2;1-3-2/h9H,2-8H2,1H3;3-6H2,1-2H3;3H2,1-2H3. The molecular weight excluding hydrogens is 228 g/mol. The van der Waals surface area contributed by atoms with E-state index in [-0.39, 0.29) is 0 Å². The van der Waals surface area contributed by atoms with Gasteiger partial charge in [-0.2, -0.15) is 0 Å². The van der Waals surface area contributed by atoms with Crippen molar-refractivity contribution in [1.82, 2.24) is 0 Å². The molecule has 1 atom stereocenters. The van der Waals surface area contributed by atoms with E-state index in [1.54, 1.807) is 25.7 Å². The smallest absolute Gasteiger partial charge is 0.0269 e. The Hall–Kier alpha value is 0. The summed E-state index contributed by atoms with van der Waals surface area (Å²) in [5.74, 6) is 1.14. The number of rotatable bonds is 5. The Kier molecular flexibility index (Phi) is 11.8. The highest BCUT2D eigenvalue weighted by atomic mass is 14.5. The second-order valence-electron chi connectivity index (χ2n) is 6.65. The van der Waals surface area contributed by atoms with Crippen LogP contribution in [0.2, 0.25) is 0 Å². The average molecular weight is 269 g/mol. The predicted octanol–water partition coefficient (Wildman–Crippen LogP) is 7.37. The largest absolute Gasteiger partial charge is 0.0656 e. The molecule has 2 aliphatic carbocycles. The summed E-state index contributed by atoms with van der Waals surface area (Å²) >= 11 is 0. The molecule has 0 aliphatic heterocycles. The van der Waals surface area contributed by atoms with E-state index in [9.17, 15) is 0 Å². The van der Waals surface area contributed by atoms with Crippen molar-refractivity contribution in [3.8, 4) is 0 Å². The zero-order valence-electron chi connectivity index (χ0n) is 14.6. The van der Waals surface area contributed by atoms with Crippen LogP contribution in [0, 0.1) is 11.3 Å². The first-order chi connectivity index (χ1) is 9.20. The van der Waals surface area contributed by atoms with E-state index in [4.69, 9.17) is 0 Å². The van der Waals surface area contributed by atoms with Crippen LogP contribution < -0.4 is 0 Å². The Labute approximate surface area is 123 Å². The minimum atomic E-state index is 0.913. The van der Waals surface area contributed by atoms with Crippen LogP contribution in [0.5, 0.6) is 0 Å². The molecule has 0 heteroatoms. The highest BCUT2D eigenvalue weighted by Gasteiger charge is 2.49. The van der Waals surface area contributed by atoms with Gasteiger partial charge in [-0.15, -0.1) is 0 Å². The van der Waals surface area contributed by atoms with Gasteiger partial charge in [-0.1, -0.05) is 86.0 Å². The molecule has 0 saturated heterocycles. The molecule has 2 fully saturated rings. The van der Waals surface area contributed by atoms with Gasteiger partial charge in [-0.3, -0.25) is 0 Å². The Bertz CT molecular complexity index is 169. The number of hydrogen-bond donors (Lipinski definition) is 0. The monoisotopic (exact) mass is 268 g/mol. The Balaban J connectivity index is 0.000000312. The fraction of sp³-hybridized carbons (Fsp3) is 1.00. The fourth-order valence-corrected chi connectivity index (χ4v) is 3.34. The minimum Gasteiger partial charge on any atom is -0.0656 e. The van der Waals surface area contributed by atoms with Gasteiger partial charge in [0.05, 0.1) is 0 Å². The van der Waals surface area contributed by atoms with Gasteiger partial charge in [0.25, 0.3) is 0 Å². The lowest BCUT2D eigenvalue weighted by molar-refractivity contribution is -0.0530. The summed E-state index contributed by atoms with van der Waals surface area (Å²) < 4.78 is 0. The van der Waals surface area contributed by atoms with Crippen molar-refractivity contribution in [2.24, 2.45) is 11.3 Å². The fourth-order valence-electron chi connectivity index (χ4n) is 3.34. The van der Waals surface area contributed by atoms with Crippen molar-refractivity contribution < 1.29 is 0 Å². The average Bonchev–Trinajstić information content (AvgIpc) is 2.32. The molecule has 0 heterocycles. The molecule has 0 N–H and O–H groups in total. The van der Waals surface area contributed by atoms with Crippen LogP contribution in [0.25, 0.3) is 0 Å². The van der Waals surface area contributed by atoms with Gasteiger partial charge in [0.2, 0.25) is 0 Å². The van der Waals surface area contributed by atoms with Crippen molar-refractivity contribution in [3.63, 3.8) is 0 Å². The maximum Gasteiger partial charge on any atom is -0.0269 e. The SMILES string of the molecule is CCC.CCCC1CCC12CCC2.CCCCCC. The van der Waals surface area contributed by atoms with Gasteiger partial charge >= 0.3 is 0 Å². The van der Waals surface area contributed by atoms with E-state index < -0.39 is 0 Å². The second kappa shape index (κ2) is 11.8. The van der Waals surface area contributed by atoms with Crippen LogP contribution >= 0.6 is 0 Å². The van der Waals surface area contributed by atoms with Gasteiger partial charge in [-0.05, 0) is 37.0 Å². The zero-order valence-corrected chi connectivity index (χ0v) is 14.6. The van der Waals surface area contributed by atoms with E-state index in [2.05, 4.69) is 34.6 Å². The van der Waals surface area contributed by atoms with Gasteiger partial charge in [0.15, 0.2) is 0 Å². The molecule has 0 bridgehead atoms. The van der Waals surface area contributed by atoms with Crippen LogP contribution in [-0.4, -0.2) is 0 Å². The lowest BCUT2D eigenvalue weighted by atomic mass is 9.49. The molecule has 2 aliphatic rings. The summed E-state index contributed by atoms with van der Waals surface area (Å²) in [6, 6.07) is 0. The van der Waals surface area contributed by atoms with Gasteiger partial charge in [-0.25, -0.2) is 0 Å². The van der Waals surface area contributed by atoms with Crippen molar-refractivity contribution in [2.45, 2.75) is 112 Å². The summed E-state index contributed by atoms with van der Waals surface area (Å²) in [6.45, 7) is 11.0. The molecule has 19 heavy (non-hydrogen) atoms. The molecule has 0 aromatic carbocycles. The molecule has 116 valence electrons. The third-order valence-electron chi connectivity index (χ3n) is 4.80. The number of unbranched alkanes of at least 4 members (excludes halogenated alkanes) is 3. The predicted molar refractivity (Wildman–Crippen MR) is 89.7 cm³/mol. The quantitative estimate of drug-likeness (QED) is 0.457. The first-order valence-electron chi connectivity index (χ1n) is 9.20. The highest BCUT2D eigenvalue weighted by Crippen LogP contribution is 2.61. The van der Waals surface area contributed by atoms with E-state index in [1.165, 1.54) is 51.4 Å². The Morgan fingerprint density at radius 3 is 1.53 bits per heavy atom. The van der Waals surface area contributed by atoms with Gasteiger partial charge in [0, 0.05) is 0 Å². The zero-order chi connectivity index (χ0) is 14.6. The lowest BCUT2D eigenvalue weighted by Crippen LogP contribution is -2.45. The summed E-state index contributed by atoms with van der Waals surface area (Å²) in [5, 5.41) is 0. The maximum atomic E-state index is 2.32.